The zero-order chi connectivity index (χ0) is 16.0. The summed E-state index contributed by atoms with van der Waals surface area (Å²) >= 11 is 0. The van der Waals surface area contributed by atoms with Gasteiger partial charge in [0, 0.05) is 19.5 Å². The number of likely N-dealkylation sites (tertiary alicyclic amines) is 1. The fraction of sp³-hybridized carbons (Fsp3) is 0.800. The Morgan fingerprint density at radius 3 is 2.10 bits per heavy atom. The molecule has 0 spiro atoms. The molecule has 6 nitrogen and oxygen atoms in total. The summed E-state index contributed by atoms with van der Waals surface area (Å²) in [5, 5.41) is 9.39. The van der Waals surface area contributed by atoms with E-state index in [1.54, 1.807) is 18.7 Å². The molecule has 0 atom stereocenters. The van der Waals surface area contributed by atoms with E-state index in [0.29, 0.717) is 38.8 Å². The first-order valence-corrected chi connectivity index (χ1v) is 7.49. The molecule has 21 heavy (non-hydrogen) atoms. The van der Waals surface area contributed by atoms with Crippen LogP contribution < -0.4 is 0 Å². The lowest BCUT2D eigenvalue weighted by Gasteiger charge is -2.34. The highest BCUT2D eigenvalue weighted by atomic mass is 16.5. The van der Waals surface area contributed by atoms with Gasteiger partial charge in [0.15, 0.2) is 0 Å². The standard InChI is InChI=1S/C15H25NO5/c1-4-15(5-2,14(19)20)10-12(17)16-8-6-11(7-9-16)13(18)21-3/h11H,4-10H2,1-3H3,(H,19,20). The summed E-state index contributed by atoms with van der Waals surface area (Å²) in [5.41, 5.74) is -0.976. The summed E-state index contributed by atoms with van der Waals surface area (Å²) in [6, 6.07) is 0. The topological polar surface area (TPSA) is 83.9 Å². The van der Waals surface area contributed by atoms with Gasteiger partial charge in [0.2, 0.25) is 5.91 Å². The number of carboxylic acid groups (broad SMARTS) is 1. The number of carbonyl (C=O) groups is 3. The Hall–Kier alpha value is -1.59. The minimum absolute atomic E-state index is 0.0260. The first-order chi connectivity index (χ1) is 9.90. The van der Waals surface area contributed by atoms with Gasteiger partial charge in [-0.3, -0.25) is 14.4 Å². The van der Waals surface area contributed by atoms with Crippen LogP contribution in [0.25, 0.3) is 0 Å². The van der Waals surface area contributed by atoms with Gasteiger partial charge in [0.05, 0.1) is 18.4 Å². The summed E-state index contributed by atoms with van der Waals surface area (Å²) in [4.78, 5) is 36.9. The highest BCUT2D eigenvalue weighted by Gasteiger charge is 2.39. The SMILES string of the molecule is CCC(CC)(CC(=O)N1CCC(C(=O)OC)CC1)C(=O)O. The molecule has 1 rings (SSSR count). The van der Waals surface area contributed by atoms with Gasteiger partial charge in [-0.15, -0.1) is 0 Å². The van der Waals surface area contributed by atoms with Crippen LogP contribution in [0.4, 0.5) is 0 Å². The number of methoxy groups -OCH3 is 1. The highest BCUT2D eigenvalue weighted by Crippen LogP contribution is 2.32. The number of aliphatic carboxylic acids is 1. The molecule has 0 aromatic carbocycles. The number of nitrogens with zero attached hydrogens (tertiary/aromatic N) is 1. The van der Waals surface area contributed by atoms with Gasteiger partial charge in [-0.2, -0.15) is 0 Å². The fourth-order valence-electron chi connectivity index (χ4n) is 2.81. The maximum atomic E-state index is 12.3. The monoisotopic (exact) mass is 299 g/mol. The van der Waals surface area contributed by atoms with E-state index in [1.165, 1.54) is 7.11 Å². The maximum absolute atomic E-state index is 12.3. The van der Waals surface area contributed by atoms with Crippen LogP contribution in [0.1, 0.15) is 46.0 Å². The van der Waals surface area contributed by atoms with E-state index < -0.39 is 11.4 Å². The van der Waals surface area contributed by atoms with Crippen LogP contribution in [-0.2, 0) is 19.1 Å². The molecular weight excluding hydrogens is 274 g/mol. The smallest absolute Gasteiger partial charge is 0.310 e. The summed E-state index contributed by atoms with van der Waals surface area (Å²) < 4.78 is 4.71. The summed E-state index contributed by atoms with van der Waals surface area (Å²) in [6.45, 7) is 4.58. The Morgan fingerprint density at radius 1 is 1.19 bits per heavy atom. The van der Waals surface area contributed by atoms with Crippen molar-refractivity contribution in [3.8, 4) is 0 Å². The van der Waals surface area contributed by atoms with Crippen LogP contribution in [0.15, 0.2) is 0 Å². The number of piperidine rings is 1. The van der Waals surface area contributed by atoms with E-state index in [1.807, 2.05) is 0 Å². The van der Waals surface area contributed by atoms with Crippen molar-refractivity contribution < 1.29 is 24.2 Å². The predicted octanol–water partition coefficient (Wildman–Crippen LogP) is 1.68. The molecule has 0 radical (unpaired) electrons. The molecule has 0 saturated carbocycles. The lowest BCUT2D eigenvalue weighted by atomic mass is 9.78. The molecule has 0 aromatic heterocycles. The Morgan fingerprint density at radius 2 is 1.71 bits per heavy atom. The van der Waals surface area contributed by atoms with Gasteiger partial charge in [0.1, 0.15) is 0 Å². The van der Waals surface area contributed by atoms with Crippen molar-refractivity contribution in [2.45, 2.75) is 46.0 Å². The van der Waals surface area contributed by atoms with Crippen LogP contribution in [0, 0.1) is 11.3 Å². The third kappa shape index (κ3) is 3.95. The molecular formula is C15H25NO5. The molecule has 6 heteroatoms. The van der Waals surface area contributed by atoms with Crippen LogP contribution in [0.3, 0.4) is 0 Å². The summed E-state index contributed by atoms with van der Waals surface area (Å²) in [6.07, 6.45) is 2.05. The third-order valence-electron chi connectivity index (χ3n) is 4.68. The second kappa shape index (κ2) is 7.43. The van der Waals surface area contributed by atoms with Crippen molar-refractivity contribution in [3.05, 3.63) is 0 Å². The van der Waals surface area contributed by atoms with Crippen LogP contribution in [0.5, 0.6) is 0 Å². The van der Waals surface area contributed by atoms with Crippen molar-refractivity contribution in [1.29, 1.82) is 0 Å². The van der Waals surface area contributed by atoms with E-state index in [9.17, 15) is 19.5 Å². The second-order valence-corrected chi connectivity index (χ2v) is 5.65. The lowest BCUT2D eigenvalue weighted by molar-refractivity contribution is -0.155. The van der Waals surface area contributed by atoms with E-state index in [2.05, 4.69) is 0 Å². The molecule has 1 saturated heterocycles. The molecule has 1 heterocycles. The summed E-state index contributed by atoms with van der Waals surface area (Å²) in [7, 11) is 1.36. The predicted molar refractivity (Wildman–Crippen MR) is 76.6 cm³/mol. The van der Waals surface area contributed by atoms with Gasteiger partial charge in [0.25, 0.3) is 0 Å². The molecule has 120 valence electrons. The van der Waals surface area contributed by atoms with Gasteiger partial charge in [-0.05, 0) is 25.7 Å². The molecule has 1 N–H and O–H groups in total. The van der Waals surface area contributed by atoms with Crippen LogP contribution in [-0.4, -0.2) is 48.1 Å². The number of carbonyl (C=O) groups excluding carboxylic acids is 2. The zero-order valence-electron chi connectivity index (χ0n) is 13.1. The van der Waals surface area contributed by atoms with Gasteiger partial charge in [-0.25, -0.2) is 0 Å². The molecule has 0 aromatic rings. The van der Waals surface area contributed by atoms with Crippen LogP contribution >= 0.6 is 0 Å². The maximum Gasteiger partial charge on any atom is 0.310 e. The largest absolute Gasteiger partial charge is 0.481 e. The third-order valence-corrected chi connectivity index (χ3v) is 4.68. The normalized spacial score (nSPS) is 16.6. The average molecular weight is 299 g/mol. The number of amides is 1. The second-order valence-electron chi connectivity index (χ2n) is 5.65. The van der Waals surface area contributed by atoms with E-state index in [4.69, 9.17) is 4.74 Å². The van der Waals surface area contributed by atoms with E-state index in [-0.39, 0.29) is 24.2 Å². The minimum Gasteiger partial charge on any atom is -0.481 e. The van der Waals surface area contributed by atoms with Crippen LogP contribution in [0.2, 0.25) is 0 Å². The molecule has 0 unspecified atom stereocenters. The zero-order valence-corrected chi connectivity index (χ0v) is 13.1. The van der Waals surface area contributed by atoms with Gasteiger partial charge < -0.3 is 14.7 Å². The highest BCUT2D eigenvalue weighted by molar-refractivity contribution is 5.85. The lowest BCUT2D eigenvalue weighted by Crippen LogP contribution is -2.44. The molecule has 1 fully saturated rings. The summed E-state index contributed by atoms with van der Waals surface area (Å²) in [5.74, 6) is -1.43. The first kappa shape index (κ1) is 17.5. The first-order valence-electron chi connectivity index (χ1n) is 7.49. The quantitative estimate of drug-likeness (QED) is 0.754. The van der Waals surface area contributed by atoms with Crippen molar-refractivity contribution in [2.75, 3.05) is 20.2 Å². The molecule has 1 aliphatic heterocycles. The Labute approximate surface area is 125 Å². The molecule has 1 amide bonds. The Bertz CT molecular complexity index is 395. The average Bonchev–Trinajstić information content (AvgIpc) is 2.51. The molecule has 1 aliphatic rings. The number of esters is 1. The van der Waals surface area contributed by atoms with E-state index >= 15 is 0 Å². The molecule has 0 bridgehead atoms. The Balaban J connectivity index is 2.62. The van der Waals surface area contributed by atoms with Crippen molar-refractivity contribution in [1.82, 2.24) is 4.90 Å². The number of carboxylic acids is 1. The Kier molecular flexibility index (Phi) is 6.18. The number of hydrogen-bond acceptors (Lipinski definition) is 4. The number of ether oxygens (including phenoxy) is 1. The minimum atomic E-state index is -0.976. The van der Waals surface area contributed by atoms with Gasteiger partial charge in [-0.1, -0.05) is 13.8 Å². The number of hydrogen-bond donors (Lipinski definition) is 1. The molecule has 0 aliphatic carbocycles. The van der Waals surface area contributed by atoms with Crippen molar-refractivity contribution >= 4 is 17.8 Å². The van der Waals surface area contributed by atoms with E-state index in [0.717, 1.165) is 0 Å². The van der Waals surface area contributed by atoms with Crippen molar-refractivity contribution in [3.63, 3.8) is 0 Å². The van der Waals surface area contributed by atoms with Gasteiger partial charge >= 0.3 is 11.9 Å². The fourth-order valence-corrected chi connectivity index (χ4v) is 2.81. The van der Waals surface area contributed by atoms with Crippen molar-refractivity contribution in [2.24, 2.45) is 11.3 Å². The number of rotatable bonds is 6.